The van der Waals surface area contributed by atoms with Crippen molar-refractivity contribution in [3.8, 4) is 11.5 Å². The molecule has 4 N–H and O–H groups in total. The highest BCUT2D eigenvalue weighted by Crippen LogP contribution is 2.54. The lowest BCUT2D eigenvalue weighted by molar-refractivity contribution is -0.145. The minimum Gasteiger partial charge on any atom is -0.504 e. The Hall–Kier alpha value is -3.10. The molecule has 0 aliphatic carbocycles. The third kappa shape index (κ3) is 2.90. The molecule has 0 bridgehead atoms. The highest BCUT2D eigenvalue weighted by atomic mass is 35.5. The van der Waals surface area contributed by atoms with Crippen molar-refractivity contribution in [1.82, 2.24) is 10.2 Å². The number of phenols is 2. The molecular formula is C24H24ClN3O5. The second-order valence-corrected chi connectivity index (χ2v) is 9.42. The molecule has 0 unspecified atom stereocenters. The summed E-state index contributed by atoms with van der Waals surface area (Å²) in [5.74, 6) is -3.30. The Morgan fingerprint density at radius 1 is 1.12 bits per heavy atom. The SMILES string of the molecule is CC[C@H](C)N1C(=O)[C@@H]2[C@H](Cc3ccc(O)c(O)c3)N[C@@]3(C(=O)Nc4c(Cl)cccc43)[C@@H]2C1=O. The van der Waals surface area contributed by atoms with Crippen molar-refractivity contribution in [1.29, 1.82) is 0 Å². The fourth-order valence-corrected chi connectivity index (χ4v) is 5.78. The van der Waals surface area contributed by atoms with E-state index in [1.807, 2.05) is 13.8 Å². The Morgan fingerprint density at radius 2 is 1.88 bits per heavy atom. The Balaban J connectivity index is 1.64. The Labute approximate surface area is 195 Å². The van der Waals surface area contributed by atoms with E-state index < -0.39 is 29.3 Å². The maximum absolute atomic E-state index is 13.7. The number of halogens is 1. The van der Waals surface area contributed by atoms with Crippen LogP contribution in [0.2, 0.25) is 5.02 Å². The number of imide groups is 1. The van der Waals surface area contributed by atoms with Gasteiger partial charge < -0.3 is 15.5 Å². The number of carbonyl (C=O) groups is 3. The molecule has 0 aromatic heterocycles. The van der Waals surface area contributed by atoms with Crippen molar-refractivity contribution in [3.05, 3.63) is 52.5 Å². The molecule has 2 aromatic carbocycles. The lowest BCUT2D eigenvalue weighted by Crippen LogP contribution is -2.54. The van der Waals surface area contributed by atoms with Crippen molar-refractivity contribution in [2.75, 3.05) is 5.32 Å². The summed E-state index contributed by atoms with van der Waals surface area (Å²) < 4.78 is 0. The third-order valence-corrected chi connectivity index (χ3v) is 7.58. The molecule has 0 radical (unpaired) electrons. The van der Waals surface area contributed by atoms with E-state index in [0.717, 1.165) is 0 Å². The topological polar surface area (TPSA) is 119 Å². The van der Waals surface area contributed by atoms with Gasteiger partial charge in [-0.05, 0) is 43.5 Å². The standard InChI is InChI=1S/C24H24ClN3O5/c1-3-11(2)28-21(31)18-15(9-12-7-8-16(29)17(30)10-12)27-24(19(18)22(28)32)13-5-4-6-14(25)20(13)26-23(24)33/h4-8,10-11,15,18-19,27,29-30H,3,9H2,1-2H3,(H,26,33)/t11-,15-,18+,19-,24+/m0/s1. The second kappa shape index (κ2) is 7.46. The minimum absolute atomic E-state index is 0.249. The van der Waals surface area contributed by atoms with E-state index in [9.17, 15) is 24.6 Å². The first-order valence-corrected chi connectivity index (χ1v) is 11.3. The summed E-state index contributed by atoms with van der Waals surface area (Å²) in [7, 11) is 0. The number of amides is 3. The van der Waals surface area contributed by atoms with Gasteiger partial charge in [0.15, 0.2) is 11.5 Å². The van der Waals surface area contributed by atoms with Gasteiger partial charge in [-0.15, -0.1) is 0 Å². The number of likely N-dealkylation sites (tertiary alicyclic amines) is 1. The molecule has 0 saturated carbocycles. The van der Waals surface area contributed by atoms with Crippen molar-refractivity contribution in [2.45, 2.75) is 44.3 Å². The highest BCUT2D eigenvalue weighted by Gasteiger charge is 2.70. The maximum atomic E-state index is 13.7. The number of nitrogens with zero attached hydrogens (tertiary/aromatic N) is 1. The zero-order valence-corrected chi connectivity index (χ0v) is 18.9. The Kier molecular flexibility index (Phi) is 4.91. The van der Waals surface area contributed by atoms with E-state index in [2.05, 4.69) is 10.6 Å². The number of carbonyl (C=O) groups excluding carboxylic acids is 3. The first-order valence-electron chi connectivity index (χ1n) is 11.0. The molecule has 5 atom stereocenters. The van der Waals surface area contributed by atoms with Gasteiger partial charge in [-0.2, -0.15) is 0 Å². The fourth-order valence-electron chi connectivity index (χ4n) is 5.56. The Morgan fingerprint density at radius 3 is 2.58 bits per heavy atom. The third-order valence-electron chi connectivity index (χ3n) is 7.26. The number of aromatic hydroxyl groups is 2. The van der Waals surface area contributed by atoms with Crippen LogP contribution in [0.3, 0.4) is 0 Å². The van der Waals surface area contributed by atoms with Crippen LogP contribution in [0.4, 0.5) is 5.69 Å². The molecule has 1 spiro atoms. The number of benzene rings is 2. The zero-order chi connectivity index (χ0) is 23.7. The zero-order valence-electron chi connectivity index (χ0n) is 18.1. The molecule has 33 heavy (non-hydrogen) atoms. The van der Waals surface area contributed by atoms with Crippen molar-refractivity contribution < 1.29 is 24.6 Å². The van der Waals surface area contributed by atoms with Gasteiger partial charge in [-0.3, -0.25) is 24.6 Å². The average Bonchev–Trinajstić information content (AvgIpc) is 3.36. The minimum atomic E-state index is -1.43. The van der Waals surface area contributed by atoms with Gasteiger partial charge in [0.05, 0.1) is 22.5 Å². The smallest absolute Gasteiger partial charge is 0.250 e. The van der Waals surface area contributed by atoms with Crippen LogP contribution < -0.4 is 10.6 Å². The number of phenolic OH excluding ortho intramolecular Hbond substituents is 2. The molecule has 3 aliphatic rings. The molecule has 172 valence electrons. The largest absolute Gasteiger partial charge is 0.504 e. The van der Waals surface area contributed by atoms with Gasteiger partial charge >= 0.3 is 0 Å². The summed E-state index contributed by atoms with van der Waals surface area (Å²) in [6.45, 7) is 3.73. The quantitative estimate of drug-likeness (QED) is 0.403. The summed E-state index contributed by atoms with van der Waals surface area (Å²) in [6, 6.07) is 8.72. The van der Waals surface area contributed by atoms with Crippen LogP contribution in [-0.2, 0) is 26.3 Å². The van der Waals surface area contributed by atoms with Crippen LogP contribution in [0.5, 0.6) is 11.5 Å². The maximum Gasteiger partial charge on any atom is 0.250 e. The van der Waals surface area contributed by atoms with Gasteiger partial charge in [0.2, 0.25) is 17.7 Å². The monoisotopic (exact) mass is 469 g/mol. The van der Waals surface area contributed by atoms with E-state index in [4.69, 9.17) is 11.6 Å². The number of hydrogen-bond donors (Lipinski definition) is 4. The molecule has 2 aromatic rings. The number of fused-ring (bicyclic) bond motifs is 4. The Bertz CT molecular complexity index is 1200. The van der Waals surface area contributed by atoms with Gasteiger partial charge in [0.1, 0.15) is 5.54 Å². The number of rotatable bonds is 4. The predicted molar refractivity (Wildman–Crippen MR) is 121 cm³/mol. The van der Waals surface area contributed by atoms with Crippen LogP contribution in [0.15, 0.2) is 36.4 Å². The molecule has 3 heterocycles. The van der Waals surface area contributed by atoms with Crippen LogP contribution in [0.25, 0.3) is 0 Å². The molecule has 2 fully saturated rings. The van der Waals surface area contributed by atoms with Crippen molar-refractivity contribution in [3.63, 3.8) is 0 Å². The molecule has 3 aliphatic heterocycles. The lowest BCUT2D eigenvalue weighted by atomic mass is 9.76. The molecule has 8 nitrogen and oxygen atoms in total. The van der Waals surface area contributed by atoms with Crippen LogP contribution in [0, 0.1) is 11.8 Å². The van der Waals surface area contributed by atoms with Gasteiger partial charge in [-0.25, -0.2) is 0 Å². The van der Waals surface area contributed by atoms with Crippen molar-refractivity contribution >= 4 is 35.0 Å². The van der Waals surface area contributed by atoms with E-state index >= 15 is 0 Å². The van der Waals surface area contributed by atoms with E-state index in [0.29, 0.717) is 28.3 Å². The molecular weight excluding hydrogens is 446 g/mol. The predicted octanol–water partition coefficient (Wildman–Crippen LogP) is 2.51. The number of hydrogen-bond acceptors (Lipinski definition) is 6. The van der Waals surface area contributed by atoms with Crippen LogP contribution in [0.1, 0.15) is 31.4 Å². The van der Waals surface area contributed by atoms with Crippen LogP contribution >= 0.6 is 11.6 Å². The van der Waals surface area contributed by atoms with Gasteiger partial charge in [0, 0.05) is 17.6 Å². The first-order chi connectivity index (χ1) is 15.7. The normalized spacial score (nSPS) is 28.9. The lowest BCUT2D eigenvalue weighted by Gasteiger charge is -2.31. The van der Waals surface area contributed by atoms with Crippen molar-refractivity contribution in [2.24, 2.45) is 11.8 Å². The van der Waals surface area contributed by atoms with E-state index in [1.165, 1.54) is 17.0 Å². The highest BCUT2D eigenvalue weighted by molar-refractivity contribution is 6.35. The van der Waals surface area contributed by atoms with E-state index in [-0.39, 0.29) is 35.8 Å². The summed E-state index contributed by atoms with van der Waals surface area (Å²) >= 11 is 6.35. The number of nitrogens with one attached hydrogen (secondary N) is 2. The number of anilines is 1. The molecule has 2 saturated heterocycles. The molecule has 5 rings (SSSR count). The second-order valence-electron chi connectivity index (χ2n) is 9.01. The molecule has 9 heteroatoms. The van der Waals surface area contributed by atoms with Crippen LogP contribution in [-0.4, -0.2) is 44.9 Å². The number of para-hydroxylation sites is 1. The van der Waals surface area contributed by atoms with Gasteiger partial charge in [-0.1, -0.05) is 36.7 Å². The van der Waals surface area contributed by atoms with E-state index in [1.54, 1.807) is 24.3 Å². The fraction of sp³-hybridized carbons (Fsp3) is 0.375. The summed E-state index contributed by atoms with van der Waals surface area (Å²) in [5, 5.41) is 26.1. The van der Waals surface area contributed by atoms with Gasteiger partial charge in [0.25, 0.3) is 0 Å². The molecule has 3 amide bonds. The average molecular weight is 470 g/mol. The first kappa shape index (κ1) is 21.7. The summed E-state index contributed by atoms with van der Waals surface area (Å²) in [6.07, 6.45) is 0.871. The summed E-state index contributed by atoms with van der Waals surface area (Å²) in [5.41, 5.74) is 0.230. The summed E-state index contributed by atoms with van der Waals surface area (Å²) in [4.78, 5) is 42.0.